The molecule has 0 bridgehead atoms. The van der Waals surface area contributed by atoms with E-state index < -0.39 is 0 Å². The van der Waals surface area contributed by atoms with E-state index >= 15 is 0 Å². The highest BCUT2D eigenvalue weighted by molar-refractivity contribution is 4.66. The van der Waals surface area contributed by atoms with Gasteiger partial charge in [0, 0.05) is 26.2 Å². The molecule has 0 aromatic rings. The Hall–Kier alpha value is -0.160. The predicted octanol–water partition coefficient (Wildman–Crippen LogP) is -0.660. The van der Waals surface area contributed by atoms with E-state index in [2.05, 4.69) is 5.32 Å². The lowest BCUT2D eigenvalue weighted by molar-refractivity contribution is 0.00377. The summed E-state index contributed by atoms with van der Waals surface area (Å²) < 4.78 is 10.7. The predicted molar refractivity (Wildman–Crippen MR) is 47.1 cm³/mol. The molecular formula is C8H18N2O2. The van der Waals surface area contributed by atoms with E-state index in [1.165, 1.54) is 0 Å². The van der Waals surface area contributed by atoms with E-state index in [9.17, 15) is 0 Å². The van der Waals surface area contributed by atoms with Crippen LogP contribution in [-0.4, -0.2) is 45.6 Å². The number of morpholine rings is 1. The lowest BCUT2D eigenvalue weighted by Gasteiger charge is -2.23. The fourth-order valence-electron chi connectivity index (χ4n) is 1.21. The van der Waals surface area contributed by atoms with Crippen LogP contribution >= 0.6 is 0 Å². The van der Waals surface area contributed by atoms with E-state index in [-0.39, 0.29) is 0 Å². The second-order valence-electron chi connectivity index (χ2n) is 2.89. The molecule has 4 heteroatoms. The lowest BCUT2D eigenvalue weighted by atomic mass is 10.2. The van der Waals surface area contributed by atoms with Crippen LogP contribution in [-0.2, 0) is 9.47 Å². The maximum absolute atomic E-state index is 5.48. The summed E-state index contributed by atoms with van der Waals surface area (Å²) in [4.78, 5) is 0. The van der Waals surface area contributed by atoms with Gasteiger partial charge in [-0.25, -0.2) is 0 Å². The number of nitrogens with one attached hydrogen (secondary N) is 1. The molecule has 0 saturated carbocycles. The molecule has 0 aromatic carbocycles. The zero-order valence-corrected chi connectivity index (χ0v) is 7.42. The summed E-state index contributed by atoms with van der Waals surface area (Å²) in [7, 11) is 0. The van der Waals surface area contributed by atoms with Gasteiger partial charge in [-0.1, -0.05) is 0 Å². The first-order chi connectivity index (χ1) is 5.93. The van der Waals surface area contributed by atoms with Crippen LogP contribution in [0, 0.1) is 0 Å². The number of rotatable bonds is 5. The SMILES string of the molecule is NCCOCCC1CNCCO1. The summed E-state index contributed by atoms with van der Waals surface area (Å²) >= 11 is 0. The Kier molecular flexibility index (Phi) is 5.27. The number of ether oxygens (including phenoxy) is 2. The van der Waals surface area contributed by atoms with Crippen molar-refractivity contribution in [2.45, 2.75) is 12.5 Å². The third-order valence-electron chi connectivity index (χ3n) is 1.85. The van der Waals surface area contributed by atoms with Crippen molar-refractivity contribution in [2.75, 3.05) is 39.5 Å². The van der Waals surface area contributed by atoms with E-state index in [4.69, 9.17) is 15.2 Å². The van der Waals surface area contributed by atoms with Crippen molar-refractivity contribution in [3.05, 3.63) is 0 Å². The highest BCUT2D eigenvalue weighted by atomic mass is 16.5. The van der Waals surface area contributed by atoms with Crippen molar-refractivity contribution in [1.29, 1.82) is 0 Å². The van der Waals surface area contributed by atoms with Crippen molar-refractivity contribution in [3.63, 3.8) is 0 Å². The Labute approximate surface area is 73.4 Å². The average molecular weight is 174 g/mol. The summed E-state index contributed by atoms with van der Waals surface area (Å²) in [6.45, 7) is 4.75. The number of hydrogen-bond donors (Lipinski definition) is 2. The summed E-state index contributed by atoms with van der Waals surface area (Å²) in [6, 6.07) is 0. The van der Waals surface area contributed by atoms with Crippen LogP contribution in [0.4, 0.5) is 0 Å². The van der Waals surface area contributed by atoms with Crippen molar-refractivity contribution >= 4 is 0 Å². The molecule has 1 rings (SSSR count). The molecule has 0 aromatic heterocycles. The minimum Gasteiger partial charge on any atom is -0.380 e. The Morgan fingerprint density at radius 1 is 1.50 bits per heavy atom. The largest absolute Gasteiger partial charge is 0.380 e. The van der Waals surface area contributed by atoms with Gasteiger partial charge < -0.3 is 20.5 Å². The third kappa shape index (κ3) is 4.01. The average Bonchev–Trinajstić information content (AvgIpc) is 2.14. The minimum atomic E-state index is 0.330. The number of hydrogen-bond acceptors (Lipinski definition) is 4. The summed E-state index contributed by atoms with van der Waals surface area (Å²) in [5, 5.41) is 3.27. The molecular weight excluding hydrogens is 156 g/mol. The number of nitrogens with two attached hydrogens (primary N) is 1. The molecule has 0 spiro atoms. The molecule has 4 nitrogen and oxygen atoms in total. The highest BCUT2D eigenvalue weighted by Crippen LogP contribution is 2.00. The second-order valence-corrected chi connectivity index (χ2v) is 2.89. The fourth-order valence-corrected chi connectivity index (χ4v) is 1.21. The van der Waals surface area contributed by atoms with Gasteiger partial charge in [0.25, 0.3) is 0 Å². The Morgan fingerprint density at radius 2 is 2.42 bits per heavy atom. The molecule has 12 heavy (non-hydrogen) atoms. The van der Waals surface area contributed by atoms with Crippen LogP contribution in [0.2, 0.25) is 0 Å². The van der Waals surface area contributed by atoms with Gasteiger partial charge in [0.1, 0.15) is 0 Å². The van der Waals surface area contributed by atoms with Crippen molar-refractivity contribution < 1.29 is 9.47 Å². The Morgan fingerprint density at radius 3 is 3.08 bits per heavy atom. The molecule has 1 atom stereocenters. The van der Waals surface area contributed by atoms with Crippen molar-refractivity contribution in [2.24, 2.45) is 5.73 Å². The van der Waals surface area contributed by atoms with E-state index in [0.29, 0.717) is 19.3 Å². The summed E-state index contributed by atoms with van der Waals surface area (Å²) in [5.41, 5.74) is 5.28. The van der Waals surface area contributed by atoms with E-state index in [1.807, 2.05) is 0 Å². The standard InChI is InChI=1S/C8H18N2O2/c9-2-5-11-4-1-8-7-10-3-6-12-8/h8,10H,1-7,9H2. The van der Waals surface area contributed by atoms with Gasteiger partial charge in [-0.2, -0.15) is 0 Å². The molecule has 1 saturated heterocycles. The normalized spacial score (nSPS) is 24.2. The molecule has 1 aliphatic heterocycles. The van der Waals surface area contributed by atoms with Gasteiger partial charge in [0.2, 0.25) is 0 Å². The summed E-state index contributed by atoms with van der Waals surface area (Å²) in [5.74, 6) is 0. The first-order valence-electron chi connectivity index (χ1n) is 4.53. The van der Waals surface area contributed by atoms with Crippen LogP contribution in [0.5, 0.6) is 0 Å². The first kappa shape index (κ1) is 9.92. The smallest absolute Gasteiger partial charge is 0.0722 e. The molecule has 0 amide bonds. The monoisotopic (exact) mass is 174 g/mol. The van der Waals surface area contributed by atoms with Crippen LogP contribution in [0.15, 0.2) is 0 Å². The molecule has 1 unspecified atom stereocenters. The molecule has 1 aliphatic rings. The van der Waals surface area contributed by atoms with Gasteiger partial charge in [-0.3, -0.25) is 0 Å². The fraction of sp³-hybridized carbons (Fsp3) is 1.00. The topological polar surface area (TPSA) is 56.5 Å². The first-order valence-corrected chi connectivity index (χ1v) is 4.53. The minimum absolute atomic E-state index is 0.330. The summed E-state index contributed by atoms with van der Waals surface area (Å²) in [6.07, 6.45) is 1.30. The Balaban J connectivity index is 1.91. The maximum Gasteiger partial charge on any atom is 0.0722 e. The van der Waals surface area contributed by atoms with Gasteiger partial charge in [-0.05, 0) is 6.42 Å². The maximum atomic E-state index is 5.48. The second kappa shape index (κ2) is 6.37. The lowest BCUT2D eigenvalue weighted by Crippen LogP contribution is -2.39. The van der Waals surface area contributed by atoms with Gasteiger partial charge in [0.05, 0.1) is 19.3 Å². The van der Waals surface area contributed by atoms with Crippen molar-refractivity contribution in [3.8, 4) is 0 Å². The zero-order valence-electron chi connectivity index (χ0n) is 7.42. The Bertz CT molecular complexity index is 105. The van der Waals surface area contributed by atoms with E-state index in [0.717, 1.165) is 32.7 Å². The van der Waals surface area contributed by atoms with Crippen LogP contribution < -0.4 is 11.1 Å². The third-order valence-corrected chi connectivity index (χ3v) is 1.85. The van der Waals surface area contributed by atoms with Crippen LogP contribution in [0.3, 0.4) is 0 Å². The zero-order chi connectivity index (χ0) is 8.65. The quantitative estimate of drug-likeness (QED) is 0.543. The van der Waals surface area contributed by atoms with Gasteiger partial charge >= 0.3 is 0 Å². The van der Waals surface area contributed by atoms with Gasteiger partial charge in [-0.15, -0.1) is 0 Å². The molecule has 3 N–H and O–H groups in total. The molecule has 0 radical (unpaired) electrons. The molecule has 1 fully saturated rings. The van der Waals surface area contributed by atoms with Crippen molar-refractivity contribution in [1.82, 2.24) is 5.32 Å². The van der Waals surface area contributed by atoms with Crippen LogP contribution in [0.1, 0.15) is 6.42 Å². The van der Waals surface area contributed by atoms with Crippen LogP contribution in [0.25, 0.3) is 0 Å². The highest BCUT2D eigenvalue weighted by Gasteiger charge is 2.12. The molecule has 72 valence electrons. The molecule has 0 aliphatic carbocycles. The van der Waals surface area contributed by atoms with Gasteiger partial charge in [0.15, 0.2) is 0 Å². The molecule has 1 heterocycles. The van der Waals surface area contributed by atoms with E-state index in [1.54, 1.807) is 0 Å².